The first-order valence-electron chi connectivity index (χ1n) is 9.51. The Kier molecular flexibility index (Phi) is 6.13. The third-order valence-electron chi connectivity index (χ3n) is 5.17. The normalized spacial score (nSPS) is 23.3. The molecule has 0 radical (unpaired) electrons. The van der Waals surface area contributed by atoms with Crippen molar-refractivity contribution in [2.75, 3.05) is 18.4 Å². The molecule has 4 amide bonds. The van der Waals surface area contributed by atoms with Gasteiger partial charge in [-0.2, -0.15) is 0 Å². The highest BCUT2D eigenvalue weighted by Gasteiger charge is 2.44. The first-order chi connectivity index (χ1) is 13.7. The topological polar surface area (TPSA) is 125 Å². The number of hydrogen-bond acceptors (Lipinski definition) is 5. The Labute approximate surface area is 169 Å². The first-order valence-corrected chi connectivity index (χ1v) is 11.0. The van der Waals surface area contributed by atoms with E-state index in [0.29, 0.717) is 18.5 Å². The fourth-order valence-corrected chi connectivity index (χ4v) is 5.45. The van der Waals surface area contributed by atoms with E-state index < -0.39 is 33.1 Å². The second-order valence-corrected chi connectivity index (χ2v) is 9.23. The number of hydrogen-bond donors (Lipinski definition) is 2. The first kappa shape index (κ1) is 21.1. The van der Waals surface area contributed by atoms with E-state index in [9.17, 15) is 22.8 Å². The number of nitrogens with zero attached hydrogens (tertiary/aromatic N) is 2. The maximum Gasteiger partial charge on any atom is 0.347 e. The molecule has 0 spiro atoms. The smallest absolute Gasteiger partial charge is 0.326 e. The van der Waals surface area contributed by atoms with Crippen molar-refractivity contribution in [1.82, 2.24) is 9.62 Å². The summed E-state index contributed by atoms with van der Waals surface area (Å²) in [5, 5.41) is 3.21. The summed E-state index contributed by atoms with van der Waals surface area (Å²) < 4.78 is 27.2. The Balaban J connectivity index is 1.72. The molecule has 2 heterocycles. The zero-order valence-corrected chi connectivity index (χ0v) is 17.2. The van der Waals surface area contributed by atoms with E-state index in [4.69, 9.17) is 0 Å². The van der Waals surface area contributed by atoms with Crippen molar-refractivity contribution in [3.63, 3.8) is 0 Å². The highest BCUT2D eigenvalue weighted by Crippen LogP contribution is 2.24. The number of urea groups is 1. The number of piperidine rings is 1. The van der Waals surface area contributed by atoms with E-state index >= 15 is 0 Å². The van der Waals surface area contributed by atoms with Crippen LogP contribution in [0, 0.1) is 5.92 Å². The second kappa shape index (κ2) is 8.42. The minimum Gasteiger partial charge on any atom is -0.326 e. The molecule has 3 rings (SSSR count). The summed E-state index contributed by atoms with van der Waals surface area (Å²) in [6, 6.07) is 6.62. The van der Waals surface area contributed by atoms with Gasteiger partial charge in [0.1, 0.15) is 0 Å². The molecule has 29 heavy (non-hydrogen) atoms. The van der Waals surface area contributed by atoms with Crippen molar-refractivity contribution in [2.24, 2.45) is 10.9 Å². The van der Waals surface area contributed by atoms with E-state index in [0.717, 1.165) is 16.3 Å². The molecule has 1 fully saturated rings. The lowest BCUT2D eigenvalue weighted by Gasteiger charge is -2.34. The van der Waals surface area contributed by atoms with Crippen LogP contribution in [0.4, 0.5) is 10.5 Å². The summed E-state index contributed by atoms with van der Waals surface area (Å²) in [7, 11) is -4.10. The minimum absolute atomic E-state index is 0.0216. The summed E-state index contributed by atoms with van der Waals surface area (Å²) in [6.07, 6.45) is 1.94. The number of imide groups is 1. The Bertz CT molecular complexity index is 955. The van der Waals surface area contributed by atoms with E-state index in [-0.39, 0.29) is 24.7 Å². The van der Waals surface area contributed by atoms with Crippen LogP contribution in [0.15, 0.2) is 29.3 Å². The molecule has 1 aromatic carbocycles. The number of carbonyl (C=O) groups excluding carboxylic acids is 3. The van der Waals surface area contributed by atoms with Crippen LogP contribution in [0.2, 0.25) is 0 Å². The molecule has 0 aromatic heterocycles. The number of nitrogens with one attached hydrogen (secondary N) is 2. The van der Waals surface area contributed by atoms with Gasteiger partial charge in [0.15, 0.2) is 5.25 Å². The molecule has 0 bridgehead atoms. The van der Waals surface area contributed by atoms with Gasteiger partial charge in [-0.15, -0.1) is 0 Å². The van der Waals surface area contributed by atoms with Gasteiger partial charge in [-0.1, -0.05) is 19.1 Å². The largest absolute Gasteiger partial charge is 0.347 e. The van der Waals surface area contributed by atoms with Crippen LogP contribution in [-0.2, 0) is 26.0 Å². The van der Waals surface area contributed by atoms with Crippen molar-refractivity contribution in [3.05, 3.63) is 29.8 Å². The van der Waals surface area contributed by atoms with Gasteiger partial charge in [0.05, 0.1) is 5.92 Å². The van der Waals surface area contributed by atoms with Gasteiger partial charge in [-0.3, -0.25) is 14.9 Å². The lowest BCUT2D eigenvalue weighted by atomic mass is 9.98. The van der Waals surface area contributed by atoms with Gasteiger partial charge in [-0.25, -0.2) is 22.5 Å². The number of amides is 4. The summed E-state index contributed by atoms with van der Waals surface area (Å²) in [6.45, 7) is 3.57. The summed E-state index contributed by atoms with van der Waals surface area (Å²) in [5.74, 6) is -1.71. The Morgan fingerprint density at radius 3 is 2.59 bits per heavy atom. The van der Waals surface area contributed by atoms with Crippen LogP contribution in [-0.4, -0.2) is 54.6 Å². The average molecular weight is 420 g/mol. The Morgan fingerprint density at radius 1 is 1.28 bits per heavy atom. The molecule has 1 aromatic rings. The van der Waals surface area contributed by atoms with Gasteiger partial charge in [0, 0.05) is 24.5 Å². The number of sulfonamides is 1. The number of aryl methyl sites for hydroxylation is 1. The number of aliphatic imine (C=N–C) groups is 1. The maximum absolute atomic E-state index is 13.0. The zero-order chi connectivity index (χ0) is 21.2. The predicted octanol–water partition coefficient (Wildman–Crippen LogP) is 1.31. The van der Waals surface area contributed by atoms with Gasteiger partial charge in [-0.05, 0) is 43.9 Å². The molecule has 2 atom stereocenters. The van der Waals surface area contributed by atoms with Crippen molar-refractivity contribution < 1.29 is 22.8 Å². The molecule has 2 aliphatic heterocycles. The van der Waals surface area contributed by atoms with Crippen molar-refractivity contribution >= 4 is 39.3 Å². The number of carbonyl (C=O) groups is 3. The standard InChI is InChI=1S/C19H24N4O5S/c1-3-13-6-8-15(9-7-13)21-17(24)14-5-4-10-23(11-14)29(27,28)16-12(2)20-19(26)22-18(16)25/h6-9,14,16H,3-5,10-11H2,1-2H3,(H,21,24)(H,22,25,26). The van der Waals surface area contributed by atoms with Crippen LogP contribution in [0.5, 0.6) is 0 Å². The van der Waals surface area contributed by atoms with Crippen molar-refractivity contribution in [3.8, 4) is 0 Å². The summed E-state index contributed by atoms with van der Waals surface area (Å²) >= 11 is 0. The average Bonchev–Trinajstić information content (AvgIpc) is 2.67. The molecule has 156 valence electrons. The third-order valence-corrected chi connectivity index (χ3v) is 7.37. The number of rotatable bonds is 5. The van der Waals surface area contributed by atoms with Crippen LogP contribution < -0.4 is 10.6 Å². The molecule has 2 aliphatic rings. The van der Waals surface area contributed by atoms with E-state index in [1.54, 1.807) is 0 Å². The van der Waals surface area contributed by atoms with Crippen LogP contribution >= 0.6 is 0 Å². The zero-order valence-electron chi connectivity index (χ0n) is 16.3. The summed E-state index contributed by atoms with van der Waals surface area (Å²) in [4.78, 5) is 39.6. The van der Waals surface area contributed by atoms with Crippen molar-refractivity contribution in [2.45, 2.75) is 38.4 Å². The van der Waals surface area contributed by atoms with Gasteiger partial charge in [0.25, 0.3) is 5.91 Å². The second-order valence-electron chi connectivity index (χ2n) is 7.21. The molecule has 2 unspecified atom stereocenters. The quantitative estimate of drug-likeness (QED) is 0.743. The van der Waals surface area contributed by atoms with E-state index in [1.165, 1.54) is 6.92 Å². The Hall–Kier alpha value is -2.59. The lowest BCUT2D eigenvalue weighted by molar-refractivity contribution is -0.121. The molecular formula is C19H24N4O5S. The van der Waals surface area contributed by atoms with Crippen molar-refractivity contribution in [1.29, 1.82) is 0 Å². The third kappa shape index (κ3) is 4.54. The predicted molar refractivity (Wildman–Crippen MR) is 108 cm³/mol. The minimum atomic E-state index is -4.10. The fraction of sp³-hybridized carbons (Fsp3) is 0.474. The van der Waals surface area contributed by atoms with Crippen LogP contribution in [0.1, 0.15) is 32.3 Å². The van der Waals surface area contributed by atoms with Gasteiger partial charge < -0.3 is 5.32 Å². The molecule has 10 heteroatoms. The number of benzene rings is 1. The monoisotopic (exact) mass is 420 g/mol. The molecule has 1 saturated heterocycles. The highest BCUT2D eigenvalue weighted by molar-refractivity contribution is 7.91. The fourth-order valence-electron chi connectivity index (χ4n) is 3.56. The highest BCUT2D eigenvalue weighted by atomic mass is 32.2. The lowest BCUT2D eigenvalue weighted by Crippen LogP contribution is -2.56. The van der Waals surface area contributed by atoms with Crippen LogP contribution in [0.25, 0.3) is 0 Å². The molecule has 0 aliphatic carbocycles. The Morgan fingerprint density at radius 2 is 1.97 bits per heavy atom. The van der Waals surface area contributed by atoms with Crippen LogP contribution in [0.3, 0.4) is 0 Å². The SMILES string of the molecule is CCc1ccc(NC(=O)C2CCCN(S(=O)(=O)C3C(=O)NC(=O)N=C3C)C2)cc1. The molecule has 0 saturated carbocycles. The maximum atomic E-state index is 13.0. The number of anilines is 1. The van der Waals surface area contributed by atoms with E-state index in [1.807, 2.05) is 36.5 Å². The molecule has 2 N–H and O–H groups in total. The summed E-state index contributed by atoms with van der Waals surface area (Å²) in [5.41, 5.74) is 1.74. The van der Waals surface area contributed by atoms with E-state index in [2.05, 4.69) is 10.3 Å². The van der Waals surface area contributed by atoms with Gasteiger partial charge in [0.2, 0.25) is 15.9 Å². The van der Waals surface area contributed by atoms with Gasteiger partial charge >= 0.3 is 6.03 Å². The molecular weight excluding hydrogens is 396 g/mol. The molecule has 9 nitrogen and oxygen atoms in total.